The first-order valence-corrected chi connectivity index (χ1v) is 10.4. The predicted molar refractivity (Wildman–Crippen MR) is 103 cm³/mol. The molecule has 1 N–H and O–H groups in total. The van der Waals surface area contributed by atoms with E-state index in [9.17, 15) is 13.2 Å². The highest BCUT2D eigenvalue weighted by molar-refractivity contribution is 7.89. The third kappa shape index (κ3) is 4.37. The van der Waals surface area contributed by atoms with Gasteiger partial charge in [0.2, 0.25) is 10.0 Å². The molecule has 0 aliphatic carbocycles. The summed E-state index contributed by atoms with van der Waals surface area (Å²) in [7, 11) is -1.82. The second-order valence-corrected chi connectivity index (χ2v) is 8.66. The van der Waals surface area contributed by atoms with Crippen molar-refractivity contribution in [1.29, 1.82) is 0 Å². The molecular weight excluding hydrogens is 364 g/mol. The predicted octanol–water partition coefficient (Wildman–Crippen LogP) is 0.987. The number of rotatable bonds is 6. The normalized spacial score (nSPS) is 16.2. The molecule has 27 heavy (non-hydrogen) atoms. The monoisotopic (exact) mass is 389 g/mol. The van der Waals surface area contributed by atoms with Gasteiger partial charge in [0.25, 0.3) is 0 Å². The van der Waals surface area contributed by atoms with E-state index in [2.05, 4.69) is 0 Å². The number of Topliss-reactive ketones (excluding diaryl/α,β-unsaturated/α-hetero) is 1. The minimum atomic E-state index is -3.44. The van der Waals surface area contributed by atoms with Gasteiger partial charge < -0.3 is 9.64 Å². The summed E-state index contributed by atoms with van der Waals surface area (Å²) in [5.74, 6) is 0.777. The highest BCUT2D eigenvalue weighted by Crippen LogP contribution is 2.20. The Morgan fingerprint density at radius 2 is 1.78 bits per heavy atom. The van der Waals surface area contributed by atoms with Crippen molar-refractivity contribution >= 4 is 15.8 Å². The third-order valence-corrected chi connectivity index (χ3v) is 6.85. The summed E-state index contributed by atoms with van der Waals surface area (Å²) < 4.78 is 32.4. The zero-order valence-electron chi connectivity index (χ0n) is 15.6. The number of sulfonamides is 1. The van der Waals surface area contributed by atoms with Crippen molar-refractivity contribution in [1.82, 2.24) is 4.31 Å². The highest BCUT2D eigenvalue weighted by atomic mass is 32.2. The van der Waals surface area contributed by atoms with E-state index in [4.69, 9.17) is 4.74 Å². The minimum Gasteiger partial charge on any atom is -0.496 e. The van der Waals surface area contributed by atoms with Crippen LogP contribution in [-0.2, 0) is 16.6 Å². The molecule has 7 heteroatoms. The second kappa shape index (κ2) is 8.21. The van der Waals surface area contributed by atoms with Crippen LogP contribution >= 0.6 is 0 Å². The molecule has 2 aromatic rings. The maximum Gasteiger partial charge on any atom is 0.243 e. The van der Waals surface area contributed by atoms with Crippen LogP contribution < -0.4 is 9.64 Å². The fourth-order valence-electron chi connectivity index (χ4n) is 3.37. The molecule has 0 atom stereocenters. The quantitative estimate of drug-likeness (QED) is 0.748. The summed E-state index contributed by atoms with van der Waals surface area (Å²) in [6, 6.07) is 14.0. The van der Waals surface area contributed by atoms with Crippen molar-refractivity contribution in [3.05, 3.63) is 59.7 Å². The van der Waals surface area contributed by atoms with Crippen molar-refractivity contribution in [3.63, 3.8) is 0 Å². The first-order valence-electron chi connectivity index (χ1n) is 8.98. The molecule has 0 bridgehead atoms. The zero-order chi connectivity index (χ0) is 19.4. The summed E-state index contributed by atoms with van der Waals surface area (Å²) in [6.07, 6.45) is 0. The van der Waals surface area contributed by atoms with Gasteiger partial charge in [0.15, 0.2) is 5.78 Å². The number of nitrogens with one attached hydrogen (secondary N) is 1. The number of hydrogen-bond donors (Lipinski definition) is 1. The summed E-state index contributed by atoms with van der Waals surface area (Å²) >= 11 is 0. The standard InChI is InChI=1S/C20H24N2O4S/c1-16(23)17-8-9-20(26-2)18(14-17)15-21-10-12-22(13-11-21)27(24,25)19-6-4-3-5-7-19/h3-9,14H,10-13,15H2,1-2H3/p+1. The zero-order valence-corrected chi connectivity index (χ0v) is 16.5. The molecule has 0 saturated carbocycles. The Labute approximate surface area is 160 Å². The second-order valence-electron chi connectivity index (χ2n) is 6.73. The molecular formula is C20H25N2O4S+. The summed E-state index contributed by atoms with van der Waals surface area (Å²) in [5.41, 5.74) is 1.63. The SMILES string of the molecule is COc1ccc(C(C)=O)cc1C[NH+]1CCN(S(=O)(=O)c2ccccc2)CC1. The maximum absolute atomic E-state index is 12.7. The summed E-state index contributed by atoms with van der Waals surface area (Å²) in [5, 5.41) is 0. The van der Waals surface area contributed by atoms with Crippen LogP contribution in [0.3, 0.4) is 0 Å². The van der Waals surface area contributed by atoms with Gasteiger partial charge in [-0.25, -0.2) is 8.42 Å². The number of piperazine rings is 1. The molecule has 0 aromatic heterocycles. The van der Waals surface area contributed by atoms with E-state index in [1.165, 1.54) is 4.90 Å². The van der Waals surface area contributed by atoms with E-state index < -0.39 is 10.0 Å². The lowest BCUT2D eigenvalue weighted by molar-refractivity contribution is -0.917. The molecule has 2 aromatic carbocycles. The van der Waals surface area contributed by atoms with E-state index in [0.717, 1.165) is 11.3 Å². The maximum atomic E-state index is 12.7. The number of quaternary nitrogens is 1. The summed E-state index contributed by atoms with van der Waals surface area (Å²) in [4.78, 5) is 13.3. The number of hydrogen-bond acceptors (Lipinski definition) is 4. The Morgan fingerprint density at radius 3 is 2.37 bits per heavy atom. The Hall–Kier alpha value is -2.22. The van der Waals surface area contributed by atoms with Gasteiger partial charge in [0.05, 0.1) is 38.2 Å². The van der Waals surface area contributed by atoms with Crippen LogP contribution in [0.1, 0.15) is 22.8 Å². The van der Waals surface area contributed by atoms with Gasteiger partial charge in [-0.1, -0.05) is 18.2 Å². The number of ketones is 1. The van der Waals surface area contributed by atoms with Gasteiger partial charge in [-0.15, -0.1) is 0 Å². The molecule has 144 valence electrons. The fraction of sp³-hybridized carbons (Fsp3) is 0.350. The van der Waals surface area contributed by atoms with Crippen molar-refractivity contribution in [2.45, 2.75) is 18.4 Å². The molecule has 6 nitrogen and oxygen atoms in total. The molecule has 1 saturated heterocycles. The van der Waals surface area contributed by atoms with E-state index in [1.54, 1.807) is 48.7 Å². The minimum absolute atomic E-state index is 0.0210. The number of methoxy groups -OCH3 is 1. The molecule has 0 spiro atoms. The van der Waals surface area contributed by atoms with E-state index in [1.807, 2.05) is 18.2 Å². The van der Waals surface area contributed by atoms with E-state index in [0.29, 0.717) is 43.2 Å². The van der Waals surface area contributed by atoms with Crippen LogP contribution in [0.15, 0.2) is 53.4 Å². The van der Waals surface area contributed by atoms with E-state index >= 15 is 0 Å². The Kier molecular flexibility index (Phi) is 5.94. The number of ether oxygens (including phenoxy) is 1. The molecule has 0 amide bonds. The lowest BCUT2D eigenvalue weighted by Crippen LogP contribution is -3.13. The fourth-order valence-corrected chi connectivity index (χ4v) is 4.83. The van der Waals surface area contributed by atoms with Gasteiger partial charge in [0, 0.05) is 11.1 Å². The van der Waals surface area contributed by atoms with Crippen molar-refractivity contribution in [3.8, 4) is 5.75 Å². The van der Waals surface area contributed by atoms with Gasteiger partial charge in [0.1, 0.15) is 12.3 Å². The Morgan fingerprint density at radius 1 is 1.11 bits per heavy atom. The third-order valence-electron chi connectivity index (χ3n) is 4.94. The number of carbonyl (C=O) groups is 1. The molecule has 0 unspecified atom stereocenters. The van der Waals surface area contributed by atoms with Crippen molar-refractivity contribution < 1.29 is 22.8 Å². The first-order chi connectivity index (χ1) is 12.9. The topological polar surface area (TPSA) is 68.1 Å². The van der Waals surface area contributed by atoms with Gasteiger partial charge in [-0.2, -0.15) is 4.31 Å². The van der Waals surface area contributed by atoms with Crippen molar-refractivity contribution in [2.24, 2.45) is 0 Å². The number of benzene rings is 2. The average molecular weight is 389 g/mol. The van der Waals surface area contributed by atoms with Gasteiger partial charge in [-0.05, 0) is 37.3 Å². The summed E-state index contributed by atoms with van der Waals surface area (Å²) in [6.45, 7) is 4.61. The highest BCUT2D eigenvalue weighted by Gasteiger charge is 2.30. The molecule has 1 fully saturated rings. The Balaban J connectivity index is 1.68. The van der Waals surface area contributed by atoms with Gasteiger partial charge in [-0.3, -0.25) is 4.79 Å². The van der Waals surface area contributed by atoms with Crippen molar-refractivity contribution in [2.75, 3.05) is 33.3 Å². The van der Waals surface area contributed by atoms with Crippen LogP contribution in [0.25, 0.3) is 0 Å². The molecule has 1 aliphatic heterocycles. The largest absolute Gasteiger partial charge is 0.496 e. The van der Waals surface area contributed by atoms with Crippen LogP contribution in [0.4, 0.5) is 0 Å². The number of nitrogens with zero attached hydrogens (tertiary/aromatic N) is 1. The van der Waals surface area contributed by atoms with Gasteiger partial charge >= 0.3 is 0 Å². The molecule has 1 aliphatic rings. The molecule has 3 rings (SSSR count). The Bertz CT molecular complexity index is 905. The lowest BCUT2D eigenvalue weighted by Gasteiger charge is -2.31. The molecule has 0 radical (unpaired) electrons. The number of carbonyl (C=O) groups excluding carboxylic acids is 1. The lowest BCUT2D eigenvalue weighted by atomic mass is 10.1. The van der Waals surface area contributed by atoms with E-state index in [-0.39, 0.29) is 5.78 Å². The van der Waals surface area contributed by atoms with Crippen LogP contribution in [-0.4, -0.2) is 51.8 Å². The smallest absolute Gasteiger partial charge is 0.243 e. The van der Waals surface area contributed by atoms with Crippen LogP contribution in [0.5, 0.6) is 5.75 Å². The molecule has 1 heterocycles. The average Bonchev–Trinajstić information content (AvgIpc) is 2.69. The van der Waals surface area contributed by atoms with Crippen LogP contribution in [0.2, 0.25) is 0 Å². The first kappa shape index (κ1) is 19.5. The van der Waals surface area contributed by atoms with Crippen LogP contribution in [0, 0.1) is 0 Å².